The first-order valence-corrected chi connectivity index (χ1v) is 6.13. The molecule has 1 aliphatic carbocycles. The lowest BCUT2D eigenvalue weighted by Crippen LogP contribution is -2.19. The molecule has 0 radical (unpaired) electrons. The summed E-state index contributed by atoms with van der Waals surface area (Å²) in [5.74, 6) is 0.156. The van der Waals surface area contributed by atoms with Crippen LogP contribution < -0.4 is 5.32 Å². The van der Waals surface area contributed by atoms with Crippen LogP contribution in [0.4, 0.5) is 5.82 Å². The highest BCUT2D eigenvalue weighted by Crippen LogP contribution is 2.34. The molecule has 1 unspecified atom stereocenters. The Labute approximate surface area is 104 Å². The van der Waals surface area contributed by atoms with Crippen molar-refractivity contribution in [2.24, 2.45) is 5.92 Å². The van der Waals surface area contributed by atoms with Crippen LogP contribution in [0.1, 0.15) is 30.3 Å². The van der Waals surface area contributed by atoms with Crippen LogP contribution in [0, 0.1) is 5.92 Å². The normalized spacial score (nSPS) is 16.7. The molecule has 5 nitrogen and oxygen atoms in total. The molecule has 2 N–H and O–H groups in total. The maximum atomic E-state index is 11.4. The van der Waals surface area contributed by atoms with E-state index in [0.29, 0.717) is 17.4 Å². The van der Waals surface area contributed by atoms with E-state index in [2.05, 4.69) is 17.2 Å². The number of aromatic nitrogens is 2. The molecular formula is C13H15N3O2. The van der Waals surface area contributed by atoms with Crippen LogP contribution in [0.3, 0.4) is 0 Å². The average Bonchev–Trinajstić information content (AvgIpc) is 3.10. The number of pyridine rings is 1. The fourth-order valence-electron chi connectivity index (χ4n) is 2.23. The van der Waals surface area contributed by atoms with Gasteiger partial charge in [0.25, 0.3) is 0 Å². The first kappa shape index (κ1) is 11.1. The maximum Gasteiger partial charge on any atom is 0.356 e. The standard InChI is InChI=1S/C13H15N3O2/c1-8(9-5-6-9)14-12-11(13(17)18)16-7-3-2-4-10(16)15-12/h2-4,7-9,14H,5-6H2,1H3,(H,17,18). The third-order valence-corrected chi connectivity index (χ3v) is 3.43. The Morgan fingerprint density at radius 3 is 3.00 bits per heavy atom. The van der Waals surface area contributed by atoms with E-state index in [4.69, 9.17) is 0 Å². The molecule has 5 heteroatoms. The number of hydrogen-bond acceptors (Lipinski definition) is 3. The van der Waals surface area contributed by atoms with Gasteiger partial charge in [0.15, 0.2) is 11.5 Å². The van der Waals surface area contributed by atoms with Crippen LogP contribution in [0.5, 0.6) is 0 Å². The SMILES string of the molecule is CC(Nc1nc2ccccn2c1C(=O)O)C1CC1. The molecule has 94 valence electrons. The number of hydrogen-bond donors (Lipinski definition) is 2. The third kappa shape index (κ3) is 1.81. The number of carboxylic acid groups (broad SMARTS) is 1. The molecule has 0 aliphatic heterocycles. The Morgan fingerprint density at radius 2 is 2.33 bits per heavy atom. The molecule has 0 amide bonds. The van der Waals surface area contributed by atoms with Gasteiger partial charge in [-0.1, -0.05) is 6.07 Å². The Hall–Kier alpha value is -2.04. The van der Waals surface area contributed by atoms with Gasteiger partial charge in [-0.05, 0) is 37.8 Å². The van der Waals surface area contributed by atoms with Crippen molar-refractivity contribution < 1.29 is 9.90 Å². The Balaban J connectivity index is 2.03. The summed E-state index contributed by atoms with van der Waals surface area (Å²) in [4.78, 5) is 15.7. The highest BCUT2D eigenvalue weighted by molar-refractivity contribution is 5.93. The average molecular weight is 245 g/mol. The van der Waals surface area contributed by atoms with E-state index in [1.165, 1.54) is 12.8 Å². The van der Waals surface area contributed by atoms with Crippen LogP contribution in [0.15, 0.2) is 24.4 Å². The Kier molecular flexibility index (Phi) is 2.47. The minimum Gasteiger partial charge on any atom is -0.476 e. The second kappa shape index (κ2) is 4.01. The Morgan fingerprint density at radius 1 is 1.56 bits per heavy atom. The van der Waals surface area contributed by atoms with E-state index in [1.807, 2.05) is 6.07 Å². The maximum absolute atomic E-state index is 11.4. The first-order valence-electron chi connectivity index (χ1n) is 6.13. The topological polar surface area (TPSA) is 66.6 Å². The molecule has 0 bridgehead atoms. The zero-order valence-electron chi connectivity index (χ0n) is 10.1. The Bertz CT molecular complexity index is 601. The molecule has 0 saturated heterocycles. The zero-order valence-corrected chi connectivity index (χ0v) is 10.1. The second-order valence-electron chi connectivity index (χ2n) is 4.81. The number of fused-ring (bicyclic) bond motifs is 1. The van der Waals surface area contributed by atoms with Gasteiger partial charge in [0.05, 0.1) is 0 Å². The van der Waals surface area contributed by atoms with Crippen molar-refractivity contribution in [1.29, 1.82) is 0 Å². The van der Waals surface area contributed by atoms with Gasteiger partial charge in [0, 0.05) is 12.2 Å². The van der Waals surface area contributed by atoms with E-state index < -0.39 is 5.97 Å². The number of carbonyl (C=O) groups is 1. The zero-order chi connectivity index (χ0) is 12.7. The number of carboxylic acids is 1. The van der Waals surface area contributed by atoms with Crippen LogP contribution in [-0.2, 0) is 0 Å². The van der Waals surface area contributed by atoms with Gasteiger partial charge in [-0.2, -0.15) is 0 Å². The van der Waals surface area contributed by atoms with E-state index in [9.17, 15) is 9.90 Å². The van der Waals surface area contributed by atoms with Gasteiger partial charge in [-0.15, -0.1) is 0 Å². The molecule has 2 heterocycles. The molecular weight excluding hydrogens is 230 g/mol. The first-order chi connectivity index (χ1) is 8.66. The summed E-state index contributed by atoms with van der Waals surface area (Å²) in [5.41, 5.74) is 0.860. The molecule has 2 aromatic rings. The van der Waals surface area contributed by atoms with Gasteiger partial charge in [0.2, 0.25) is 0 Å². The van der Waals surface area contributed by atoms with Crippen molar-refractivity contribution >= 4 is 17.4 Å². The predicted molar refractivity (Wildman–Crippen MR) is 68.0 cm³/mol. The largest absolute Gasteiger partial charge is 0.476 e. The van der Waals surface area contributed by atoms with Gasteiger partial charge in [-0.25, -0.2) is 9.78 Å². The minimum atomic E-state index is -0.959. The van der Waals surface area contributed by atoms with E-state index >= 15 is 0 Å². The lowest BCUT2D eigenvalue weighted by molar-refractivity contribution is 0.0690. The van der Waals surface area contributed by atoms with Gasteiger partial charge in [0.1, 0.15) is 5.65 Å². The summed E-state index contributed by atoms with van der Waals surface area (Å²) in [6.07, 6.45) is 4.15. The number of nitrogens with zero attached hydrogens (tertiary/aromatic N) is 2. The molecule has 0 aromatic carbocycles. The van der Waals surface area contributed by atoms with Crippen molar-refractivity contribution in [2.45, 2.75) is 25.8 Å². The number of anilines is 1. The van der Waals surface area contributed by atoms with Gasteiger partial charge in [-0.3, -0.25) is 4.40 Å². The smallest absolute Gasteiger partial charge is 0.356 e. The van der Waals surface area contributed by atoms with Crippen molar-refractivity contribution in [3.8, 4) is 0 Å². The van der Waals surface area contributed by atoms with Crippen LogP contribution in [-0.4, -0.2) is 26.5 Å². The molecule has 18 heavy (non-hydrogen) atoms. The summed E-state index contributed by atoms with van der Waals surface area (Å²) in [7, 11) is 0. The molecule has 0 spiro atoms. The summed E-state index contributed by atoms with van der Waals surface area (Å²) in [6, 6.07) is 5.73. The second-order valence-corrected chi connectivity index (χ2v) is 4.81. The summed E-state index contributed by atoms with van der Waals surface area (Å²) >= 11 is 0. The summed E-state index contributed by atoms with van der Waals surface area (Å²) in [5, 5.41) is 12.5. The fraction of sp³-hybridized carbons (Fsp3) is 0.385. The monoisotopic (exact) mass is 245 g/mol. The molecule has 1 aliphatic rings. The molecule has 1 fully saturated rings. The predicted octanol–water partition coefficient (Wildman–Crippen LogP) is 2.24. The highest BCUT2D eigenvalue weighted by Gasteiger charge is 2.29. The quantitative estimate of drug-likeness (QED) is 0.867. The number of rotatable bonds is 4. The van der Waals surface area contributed by atoms with E-state index in [0.717, 1.165) is 0 Å². The van der Waals surface area contributed by atoms with Gasteiger partial charge < -0.3 is 10.4 Å². The third-order valence-electron chi connectivity index (χ3n) is 3.43. The van der Waals surface area contributed by atoms with Gasteiger partial charge >= 0.3 is 5.97 Å². The van der Waals surface area contributed by atoms with Crippen LogP contribution in [0.2, 0.25) is 0 Å². The lowest BCUT2D eigenvalue weighted by Gasteiger charge is -2.12. The van der Waals surface area contributed by atoms with Crippen molar-refractivity contribution in [1.82, 2.24) is 9.38 Å². The van der Waals surface area contributed by atoms with Crippen molar-refractivity contribution in [3.05, 3.63) is 30.1 Å². The van der Waals surface area contributed by atoms with E-state index in [-0.39, 0.29) is 11.7 Å². The summed E-state index contributed by atoms with van der Waals surface area (Å²) < 4.78 is 1.60. The number of imidazole rings is 1. The van der Waals surface area contributed by atoms with Crippen LogP contribution in [0.25, 0.3) is 5.65 Å². The molecule has 1 atom stereocenters. The minimum absolute atomic E-state index is 0.207. The summed E-state index contributed by atoms with van der Waals surface area (Å²) in [6.45, 7) is 2.08. The molecule has 1 saturated carbocycles. The van der Waals surface area contributed by atoms with E-state index in [1.54, 1.807) is 22.7 Å². The number of aromatic carboxylic acids is 1. The van der Waals surface area contributed by atoms with Crippen LogP contribution >= 0.6 is 0 Å². The molecule has 3 rings (SSSR count). The molecule has 2 aromatic heterocycles. The van der Waals surface area contributed by atoms with Crippen molar-refractivity contribution in [3.63, 3.8) is 0 Å². The lowest BCUT2D eigenvalue weighted by atomic mass is 10.2. The fourth-order valence-corrected chi connectivity index (χ4v) is 2.23. The van der Waals surface area contributed by atoms with Crippen molar-refractivity contribution in [2.75, 3.05) is 5.32 Å². The number of nitrogens with one attached hydrogen (secondary N) is 1. The highest BCUT2D eigenvalue weighted by atomic mass is 16.4.